The van der Waals surface area contributed by atoms with Gasteiger partial charge in [-0.15, -0.1) is 0 Å². The number of ketones is 1. The lowest BCUT2D eigenvalue weighted by molar-refractivity contribution is 0.103. The first-order valence-corrected chi connectivity index (χ1v) is 9.30. The van der Waals surface area contributed by atoms with Crippen molar-refractivity contribution in [2.45, 2.75) is 13.3 Å². The fourth-order valence-electron chi connectivity index (χ4n) is 3.07. The minimum Gasteiger partial charge on any atom is -0.495 e. The first kappa shape index (κ1) is 22.1. The van der Waals surface area contributed by atoms with E-state index in [1.165, 1.54) is 21.3 Å². The van der Waals surface area contributed by atoms with Crippen molar-refractivity contribution in [1.82, 2.24) is 0 Å². The molecule has 0 saturated carbocycles. The number of nitrogens with zero attached hydrogens (tertiary/aromatic N) is 1. The largest absolute Gasteiger partial charge is 0.495 e. The molecular weight excluding hydrogens is 370 g/mol. The second kappa shape index (κ2) is 9.87. The molecule has 0 unspecified atom stereocenters. The van der Waals surface area contributed by atoms with Crippen molar-refractivity contribution in [3.8, 4) is 23.0 Å². The van der Waals surface area contributed by atoms with Gasteiger partial charge in [-0.1, -0.05) is 13.0 Å². The molecule has 0 aliphatic heterocycles. The molecule has 0 heterocycles. The number of benzene rings is 2. The molecule has 0 bridgehead atoms. The third-order valence-electron chi connectivity index (χ3n) is 4.63. The molecule has 0 saturated heterocycles. The summed E-state index contributed by atoms with van der Waals surface area (Å²) in [5, 5.41) is 0. The molecule has 6 nitrogen and oxygen atoms in total. The first-order valence-electron chi connectivity index (χ1n) is 9.30. The van der Waals surface area contributed by atoms with Gasteiger partial charge in [0.2, 0.25) is 5.75 Å². The normalized spacial score (nSPS) is 11.1. The SMILES string of the molecule is CCC(=Cc1ccc(OC)c(N(C)C)c1)C(=O)c1cc(OC)c(OC)c(OC)c1. The van der Waals surface area contributed by atoms with Gasteiger partial charge in [-0.05, 0) is 42.3 Å². The first-order chi connectivity index (χ1) is 13.9. The topological polar surface area (TPSA) is 57.2 Å². The van der Waals surface area contributed by atoms with Crippen LogP contribution in [-0.4, -0.2) is 48.3 Å². The number of hydrogen-bond donors (Lipinski definition) is 0. The van der Waals surface area contributed by atoms with E-state index in [4.69, 9.17) is 18.9 Å². The number of methoxy groups -OCH3 is 4. The summed E-state index contributed by atoms with van der Waals surface area (Å²) in [5.74, 6) is 2.05. The molecule has 0 radical (unpaired) electrons. The lowest BCUT2D eigenvalue weighted by atomic mass is 9.98. The summed E-state index contributed by atoms with van der Waals surface area (Å²) in [6, 6.07) is 9.18. The zero-order chi connectivity index (χ0) is 21.6. The van der Waals surface area contributed by atoms with Crippen LogP contribution in [-0.2, 0) is 0 Å². The summed E-state index contributed by atoms with van der Waals surface area (Å²) >= 11 is 0. The van der Waals surface area contributed by atoms with Crippen LogP contribution in [0.2, 0.25) is 0 Å². The Balaban J connectivity index is 2.49. The zero-order valence-electron chi connectivity index (χ0n) is 18.2. The molecule has 2 aromatic carbocycles. The Labute approximate surface area is 172 Å². The Hall–Kier alpha value is -3.15. The highest BCUT2D eigenvalue weighted by atomic mass is 16.5. The van der Waals surface area contributed by atoms with E-state index in [1.54, 1.807) is 19.2 Å². The highest BCUT2D eigenvalue weighted by Crippen LogP contribution is 2.39. The van der Waals surface area contributed by atoms with Crippen LogP contribution < -0.4 is 23.8 Å². The van der Waals surface area contributed by atoms with Gasteiger partial charge in [0.05, 0.1) is 34.1 Å². The van der Waals surface area contributed by atoms with E-state index >= 15 is 0 Å². The highest BCUT2D eigenvalue weighted by Gasteiger charge is 2.19. The number of ether oxygens (including phenoxy) is 4. The van der Waals surface area contributed by atoms with Crippen molar-refractivity contribution >= 4 is 17.5 Å². The molecule has 0 aliphatic rings. The summed E-state index contributed by atoms with van der Waals surface area (Å²) in [7, 11) is 10.1. The van der Waals surface area contributed by atoms with E-state index in [9.17, 15) is 4.79 Å². The van der Waals surface area contributed by atoms with E-state index in [-0.39, 0.29) is 5.78 Å². The van der Waals surface area contributed by atoms with Gasteiger partial charge in [-0.3, -0.25) is 4.79 Å². The average Bonchev–Trinajstić information content (AvgIpc) is 2.75. The summed E-state index contributed by atoms with van der Waals surface area (Å²) in [6.45, 7) is 1.96. The van der Waals surface area contributed by atoms with E-state index in [2.05, 4.69) is 0 Å². The fraction of sp³-hybridized carbons (Fsp3) is 0.348. The summed E-state index contributed by atoms with van der Waals surface area (Å²) in [4.78, 5) is 15.2. The van der Waals surface area contributed by atoms with Crippen LogP contribution in [0.25, 0.3) is 6.08 Å². The summed E-state index contributed by atoms with van der Waals surface area (Å²) in [6.07, 6.45) is 2.48. The molecule has 29 heavy (non-hydrogen) atoms. The van der Waals surface area contributed by atoms with Crippen molar-refractivity contribution in [2.75, 3.05) is 47.4 Å². The van der Waals surface area contributed by atoms with E-state index in [1.807, 2.05) is 50.2 Å². The van der Waals surface area contributed by atoms with E-state index < -0.39 is 0 Å². The second-order valence-electron chi connectivity index (χ2n) is 6.59. The van der Waals surface area contributed by atoms with Gasteiger partial charge in [0.15, 0.2) is 17.3 Å². The molecule has 0 aromatic heterocycles. The zero-order valence-corrected chi connectivity index (χ0v) is 18.2. The van der Waals surface area contributed by atoms with Gasteiger partial charge in [-0.2, -0.15) is 0 Å². The minimum absolute atomic E-state index is 0.0889. The van der Waals surface area contributed by atoms with Crippen LogP contribution in [0.1, 0.15) is 29.3 Å². The number of rotatable bonds is 9. The van der Waals surface area contributed by atoms with Crippen LogP contribution in [0.4, 0.5) is 5.69 Å². The predicted molar refractivity (Wildman–Crippen MR) is 116 cm³/mol. The van der Waals surface area contributed by atoms with Crippen molar-refractivity contribution in [3.05, 3.63) is 47.0 Å². The molecule has 156 valence electrons. The molecule has 0 amide bonds. The Morgan fingerprint density at radius 2 is 1.48 bits per heavy atom. The van der Waals surface area contributed by atoms with Gasteiger partial charge in [0.1, 0.15) is 5.75 Å². The maximum atomic E-state index is 13.2. The lowest BCUT2D eigenvalue weighted by Gasteiger charge is -2.17. The second-order valence-corrected chi connectivity index (χ2v) is 6.59. The maximum Gasteiger partial charge on any atom is 0.203 e. The molecule has 2 aromatic rings. The quantitative estimate of drug-likeness (QED) is 0.458. The Bertz CT molecular complexity index is 877. The van der Waals surface area contributed by atoms with E-state index in [0.29, 0.717) is 34.8 Å². The number of allylic oxidation sites excluding steroid dienone is 1. The number of hydrogen-bond acceptors (Lipinski definition) is 6. The standard InChI is InChI=1S/C23H29NO5/c1-8-16(11-15-9-10-19(26-4)18(12-15)24(2)3)22(25)17-13-20(27-5)23(29-7)21(14-17)28-6/h9-14H,8H2,1-7H3. The third-order valence-corrected chi connectivity index (χ3v) is 4.63. The fourth-order valence-corrected chi connectivity index (χ4v) is 3.07. The Morgan fingerprint density at radius 3 is 1.93 bits per heavy atom. The molecule has 0 atom stereocenters. The van der Waals surface area contributed by atoms with Crippen molar-refractivity contribution < 1.29 is 23.7 Å². The molecule has 6 heteroatoms. The number of anilines is 1. The van der Waals surface area contributed by atoms with Gasteiger partial charge in [0.25, 0.3) is 0 Å². The van der Waals surface area contributed by atoms with Crippen LogP contribution >= 0.6 is 0 Å². The molecule has 0 aliphatic carbocycles. The highest BCUT2D eigenvalue weighted by molar-refractivity contribution is 6.12. The maximum absolute atomic E-state index is 13.2. The van der Waals surface area contributed by atoms with Crippen LogP contribution in [0.15, 0.2) is 35.9 Å². The average molecular weight is 399 g/mol. The number of carbonyl (C=O) groups excluding carboxylic acids is 1. The van der Waals surface area contributed by atoms with Gasteiger partial charge >= 0.3 is 0 Å². The minimum atomic E-state index is -0.0889. The van der Waals surface area contributed by atoms with Gasteiger partial charge in [0, 0.05) is 25.2 Å². The molecule has 0 spiro atoms. The number of carbonyl (C=O) groups is 1. The Morgan fingerprint density at radius 1 is 0.897 bits per heavy atom. The Kier molecular flexibility index (Phi) is 7.53. The predicted octanol–water partition coefficient (Wildman–Crippen LogP) is 4.46. The molecule has 2 rings (SSSR count). The third kappa shape index (κ3) is 4.83. The number of Topliss-reactive ketones (excluding diaryl/α,β-unsaturated/α-hetero) is 1. The van der Waals surface area contributed by atoms with Crippen molar-refractivity contribution in [3.63, 3.8) is 0 Å². The van der Waals surface area contributed by atoms with Gasteiger partial charge < -0.3 is 23.8 Å². The van der Waals surface area contributed by atoms with E-state index in [0.717, 1.165) is 17.0 Å². The van der Waals surface area contributed by atoms with Crippen LogP contribution in [0, 0.1) is 0 Å². The smallest absolute Gasteiger partial charge is 0.203 e. The van der Waals surface area contributed by atoms with Crippen molar-refractivity contribution in [1.29, 1.82) is 0 Å². The summed E-state index contributed by atoms with van der Waals surface area (Å²) in [5.41, 5.74) is 3.02. The molecular formula is C23H29NO5. The van der Waals surface area contributed by atoms with Crippen LogP contribution in [0.5, 0.6) is 23.0 Å². The summed E-state index contributed by atoms with van der Waals surface area (Å²) < 4.78 is 21.5. The molecule has 0 N–H and O–H groups in total. The van der Waals surface area contributed by atoms with Gasteiger partial charge in [-0.25, -0.2) is 0 Å². The molecule has 0 fully saturated rings. The van der Waals surface area contributed by atoms with Crippen LogP contribution in [0.3, 0.4) is 0 Å². The van der Waals surface area contributed by atoms with Crippen molar-refractivity contribution in [2.24, 2.45) is 0 Å². The lowest BCUT2D eigenvalue weighted by Crippen LogP contribution is -2.10. The monoisotopic (exact) mass is 399 g/mol.